The lowest BCUT2D eigenvalue weighted by Gasteiger charge is -2.49. The van der Waals surface area contributed by atoms with Gasteiger partial charge in [0.1, 0.15) is 36.2 Å². The number of nitrogen functional groups attached to an aromatic ring is 1. The number of morpholine rings is 1. The topological polar surface area (TPSA) is 190 Å². The fraction of sp³-hybridized carbons (Fsp3) is 0.483. The molecule has 2 saturated heterocycles. The van der Waals surface area contributed by atoms with Crippen molar-refractivity contribution in [3.05, 3.63) is 47.1 Å². The number of β-lactam (4-membered cyclic amide) rings is 1. The summed E-state index contributed by atoms with van der Waals surface area (Å²) in [7, 11) is 0. The first-order valence-corrected chi connectivity index (χ1v) is 16.8. The van der Waals surface area contributed by atoms with Gasteiger partial charge in [-0.25, -0.2) is 9.78 Å². The first kappa shape index (κ1) is 34.6. The second-order valence-corrected chi connectivity index (χ2v) is 13.1. The van der Waals surface area contributed by atoms with Crippen LogP contribution in [0.4, 0.5) is 5.13 Å². The Bertz CT molecular complexity index is 1560. The molecule has 2 aromatic rings. The van der Waals surface area contributed by atoms with Gasteiger partial charge in [0.2, 0.25) is 6.54 Å². The minimum Gasteiger partial charge on any atom is -1.00 e. The van der Waals surface area contributed by atoms with E-state index in [1.165, 1.54) is 11.8 Å². The van der Waals surface area contributed by atoms with E-state index in [4.69, 9.17) is 20.0 Å². The number of pyridine rings is 1. The van der Waals surface area contributed by atoms with Crippen molar-refractivity contribution < 1.29 is 60.1 Å². The van der Waals surface area contributed by atoms with E-state index in [2.05, 4.69) is 15.5 Å². The van der Waals surface area contributed by atoms with Crippen LogP contribution in [0.1, 0.15) is 31.4 Å². The van der Waals surface area contributed by atoms with Crippen molar-refractivity contribution in [2.45, 2.75) is 55.3 Å². The van der Waals surface area contributed by atoms with E-state index in [0.717, 1.165) is 46.8 Å². The summed E-state index contributed by atoms with van der Waals surface area (Å²) in [5.41, 5.74) is 5.63. The van der Waals surface area contributed by atoms with Gasteiger partial charge in [0.25, 0.3) is 17.7 Å². The largest absolute Gasteiger partial charge is 1.00 e. The average Bonchev–Trinajstić information content (AvgIpc) is 3.75. The van der Waals surface area contributed by atoms with Crippen LogP contribution in [-0.4, -0.2) is 106 Å². The Hall–Kier alpha value is -3.74. The maximum Gasteiger partial charge on any atom is 0.356 e. The molecular formula is C29H34BrN7O8S2. The van der Waals surface area contributed by atoms with Crippen LogP contribution in [0.5, 0.6) is 0 Å². The second-order valence-electron chi connectivity index (χ2n) is 11.1. The van der Waals surface area contributed by atoms with Gasteiger partial charge in [-0.05, 0) is 25.7 Å². The highest BCUT2D eigenvalue weighted by Gasteiger charge is 2.55. The van der Waals surface area contributed by atoms with Crippen LogP contribution in [0.3, 0.4) is 0 Å². The van der Waals surface area contributed by atoms with Crippen molar-refractivity contribution >= 4 is 57.6 Å². The maximum absolute atomic E-state index is 13.3. The van der Waals surface area contributed by atoms with Gasteiger partial charge in [0.15, 0.2) is 28.9 Å². The van der Waals surface area contributed by atoms with Gasteiger partial charge in [0, 0.05) is 35.5 Å². The van der Waals surface area contributed by atoms with Gasteiger partial charge in [0.05, 0.1) is 19.0 Å². The van der Waals surface area contributed by atoms with Crippen molar-refractivity contribution in [1.29, 1.82) is 0 Å². The van der Waals surface area contributed by atoms with Crippen LogP contribution in [0.25, 0.3) is 0 Å². The Kier molecular flexibility index (Phi) is 11.4. The average molecular weight is 753 g/mol. The van der Waals surface area contributed by atoms with Crippen LogP contribution in [0.2, 0.25) is 0 Å². The molecule has 0 radical (unpaired) electrons. The van der Waals surface area contributed by atoms with Crippen LogP contribution in [-0.2, 0) is 40.0 Å². The molecule has 252 valence electrons. The molecule has 0 spiro atoms. The Morgan fingerprint density at radius 1 is 1.21 bits per heavy atom. The summed E-state index contributed by atoms with van der Waals surface area (Å²) in [5.74, 6) is -2.24. The number of halogens is 1. The van der Waals surface area contributed by atoms with Gasteiger partial charge in [-0.15, -0.1) is 23.1 Å². The molecule has 4 N–H and O–H groups in total. The number of thiazole rings is 1. The molecular weight excluding hydrogens is 718 g/mol. The summed E-state index contributed by atoms with van der Waals surface area (Å²) in [6, 6.07) is 1.92. The summed E-state index contributed by atoms with van der Waals surface area (Å²) < 4.78 is 12.9. The summed E-state index contributed by atoms with van der Waals surface area (Å²) in [6.07, 6.45) is 7.16. The van der Waals surface area contributed by atoms with Gasteiger partial charge in [-0.3, -0.25) is 19.3 Å². The van der Waals surface area contributed by atoms with E-state index < -0.39 is 29.9 Å². The number of carbonyl (C=O) groups excluding carboxylic acids is 3. The van der Waals surface area contributed by atoms with Gasteiger partial charge >= 0.3 is 5.97 Å². The van der Waals surface area contributed by atoms with Gasteiger partial charge in [-0.1, -0.05) is 5.16 Å². The number of ether oxygens (including phenoxy) is 2. The predicted octanol–water partition coefficient (Wildman–Crippen LogP) is -2.65. The molecule has 47 heavy (non-hydrogen) atoms. The highest BCUT2D eigenvalue weighted by atomic mass is 79.9. The van der Waals surface area contributed by atoms with Crippen molar-refractivity contribution in [2.24, 2.45) is 5.16 Å². The van der Waals surface area contributed by atoms with E-state index >= 15 is 0 Å². The number of nitrogens with zero attached hydrogens (tertiary/aromatic N) is 5. The minimum atomic E-state index is -1.31. The Morgan fingerprint density at radius 2 is 1.94 bits per heavy atom. The fourth-order valence-electron chi connectivity index (χ4n) is 5.67. The van der Waals surface area contributed by atoms with Gasteiger partial charge < -0.3 is 52.3 Å². The number of carboxylic acids is 1. The lowest BCUT2D eigenvalue weighted by atomic mass is 9.92. The molecule has 2 atom stereocenters. The summed E-state index contributed by atoms with van der Waals surface area (Å²) in [5, 5.41) is 18.6. The molecule has 18 heteroatoms. The SMILES string of the molecule is Nc1nc(/C(=N/OC2CCCC2)C(=O)N[C@@H]2C(=O)N3C(C(=O)O)=C(CSc4cc[n+](CC(=O)N5CCOCC5)cc4)OC[C@H]23)cs1.[Br-]. The fourth-order valence-corrected chi connectivity index (χ4v) is 7.04. The van der Waals surface area contributed by atoms with Crippen molar-refractivity contribution in [2.75, 3.05) is 44.4 Å². The molecule has 3 fully saturated rings. The van der Waals surface area contributed by atoms with E-state index in [0.29, 0.717) is 26.3 Å². The number of amides is 3. The molecule has 1 saturated carbocycles. The zero-order chi connectivity index (χ0) is 32.2. The van der Waals surface area contributed by atoms with Crippen LogP contribution in [0.15, 0.2) is 51.4 Å². The summed E-state index contributed by atoms with van der Waals surface area (Å²) in [4.78, 5) is 64.9. The molecule has 3 aliphatic heterocycles. The number of carboxylic acid groups (broad SMARTS) is 1. The van der Waals surface area contributed by atoms with Crippen molar-refractivity contribution in [3.8, 4) is 0 Å². The number of fused-ring (bicyclic) bond motifs is 1. The summed E-state index contributed by atoms with van der Waals surface area (Å²) >= 11 is 2.48. The minimum absolute atomic E-state index is 0. The van der Waals surface area contributed by atoms with Crippen LogP contribution >= 0.6 is 23.1 Å². The molecule has 5 heterocycles. The molecule has 2 aromatic heterocycles. The number of oxime groups is 1. The van der Waals surface area contributed by atoms with Crippen LogP contribution in [0, 0.1) is 0 Å². The third-order valence-corrected chi connectivity index (χ3v) is 9.82. The van der Waals surface area contributed by atoms with Crippen LogP contribution < -0.4 is 32.6 Å². The predicted molar refractivity (Wildman–Crippen MR) is 164 cm³/mol. The molecule has 0 bridgehead atoms. The van der Waals surface area contributed by atoms with E-state index in [-0.39, 0.29) is 75.9 Å². The first-order chi connectivity index (χ1) is 22.3. The molecule has 0 unspecified atom stereocenters. The summed E-state index contributed by atoms with van der Waals surface area (Å²) in [6.45, 7) is 2.43. The smallest absolute Gasteiger partial charge is 0.356 e. The van der Waals surface area contributed by atoms with Crippen molar-refractivity contribution in [1.82, 2.24) is 20.1 Å². The third-order valence-electron chi connectivity index (χ3n) is 8.13. The zero-order valence-corrected chi connectivity index (χ0v) is 28.4. The quantitative estimate of drug-likeness (QED) is 0.0716. The number of anilines is 1. The highest BCUT2D eigenvalue weighted by Crippen LogP contribution is 2.35. The molecule has 6 rings (SSSR count). The van der Waals surface area contributed by atoms with E-state index in [1.54, 1.807) is 27.2 Å². The van der Waals surface area contributed by atoms with Gasteiger partial charge in [-0.2, -0.15) is 4.57 Å². The highest BCUT2D eigenvalue weighted by molar-refractivity contribution is 7.99. The van der Waals surface area contributed by atoms with E-state index in [1.807, 2.05) is 12.1 Å². The van der Waals surface area contributed by atoms with Crippen molar-refractivity contribution in [3.63, 3.8) is 0 Å². The molecule has 0 aromatic carbocycles. The second kappa shape index (κ2) is 15.4. The lowest BCUT2D eigenvalue weighted by molar-refractivity contribution is -0.685. The number of hydrogen-bond donors (Lipinski definition) is 3. The Labute approximate surface area is 288 Å². The maximum atomic E-state index is 13.3. The molecule has 4 aliphatic rings. The third kappa shape index (κ3) is 7.88. The number of aliphatic carboxylic acids is 1. The number of nitrogens with two attached hydrogens (primary N) is 1. The number of nitrogens with one attached hydrogen (secondary N) is 1. The monoisotopic (exact) mass is 751 g/mol. The molecule has 3 amide bonds. The molecule has 1 aliphatic carbocycles. The number of carbonyl (C=O) groups is 4. The standard InChI is InChI=1S/C29H33N7O8S2.BrH/c30-29-31-19(15-46-29)23(33-44-17-3-1-2-4-17)26(38)32-24-20-14-43-21(25(28(40)41)36(20)27(24)39)16-45-18-5-7-34(8-6-18)13-22(37)35-9-11-42-12-10-35;/h5-8,15,17,20,24H,1-4,9-14,16H2,(H3-,30,31,32,38,40,41);1H/b33-23-;/t20-,24+;/m1./s1. The number of rotatable bonds is 11. The zero-order valence-electron chi connectivity index (χ0n) is 25.2. The van der Waals surface area contributed by atoms with E-state index in [9.17, 15) is 24.3 Å². The Balaban J connectivity index is 0.00000433. The normalized spacial score (nSPS) is 21.4. The Morgan fingerprint density at radius 3 is 2.60 bits per heavy atom. The first-order valence-electron chi connectivity index (χ1n) is 14.9. The number of aromatic nitrogens is 2. The number of thioether (sulfide) groups is 1. The molecule has 15 nitrogen and oxygen atoms in total. The number of hydrogen-bond acceptors (Lipinski definition) is 12. The lowest BCUT2D eigenvalue weighted by Crippen LogP contribution is -3.00.